The van der Waals surface area contributed by atoms with Crippen molar-refractivity contribution in [3.63, 3.8) is 0 Å². The van der Waals surface area contributed by atoms with Crippen LogP contribution in [0.25, 0.3) is 0 Å². The van der Waals surface area contributed by atoms with Crippen LogP contribution in [-0.4, -0.2) is 42.2 Å². The molecule has 1 amide bonds. The molecule has 1 aromatic rings. The number of esters is 1. The van der Waals surface area contributed by atoms with E-state index in [1.54, 1.807) is 23.6 Å². The van der Waals surface area contributed by atoms with E-state index in [1.165, 1.54) is 0 Å². The molecule has 1 heterocycles. The molecule has 1 aliphatic rings. The molecule has 0 radical (unpaired) electrons. The van der Waals surface area contributed by atoms with Crippen molar-refractivity contribution in [2.45, 2.75) is 24.7 Å². The van der Waals surface area contributed by atoms with Crippen LogP contribution in [0.15, 0.2) is 29.2 Å². The second kappa shape index (κ2) is 6.79. The number of rotatable bonds is 5. The van der Waals surface area contributed by atoms with E-state index in [4.69, 9.17) is 4.74 Å². The molecule has 0 saturated heterocycles. The van der Waals surface area contributed by atoms with Crippen molar-refractivity contribution in [1.29, 1.82) is 0 Å². The lowest BCUT2D eigenvalue weighted by atomic mass is 10.00. The van der Waals surface area contributed by atoms with Crippen molar-refractivity contribution in [2.24, 2.45) is 0 Å². The first kappa shape index (κ1) is 14.9. The highest BCUT2D eigenvalue weighted by Crippen LogP contribution is 2.40. The predicted molar refractivity (Wildman–Crippen MR) is 78.8 cm³/mol. The minimum absolute atomic E-state index is 0.0120. The van der Waals surface area contributed by atoms with Gasteiger partial charge < -0.3 is 9.64 Å². The average molecular weight is 293 g/mol. The van der Waals surface area contributed by atoms with Gasteiger partial charge in [0.1, 0.15) is 6.54 Å². The van der Waals surface area contributed by atoms with Crippen LogP contribution in [0, 0.1) is 0 Å². The van der Waals surface area contributed by atoms with Gasteiger partial charge >= 0.3 is 5.97 Å². The zero-order valence-electron chi connectivity index (χ0n) is 11.8. The highest BCUT2D eigenvalue weighted by atomic mass is 32.2. The van der Waals surface area contributed by atoms with Gasteiger partial charge in [-0.05, 0) is 25.5 Å². The molecule has 1 aliphatic heterocycles. The van der Waals surface area contributed by atoms with E-state index >= 15 is 0 Å². The van der Waals surface area contributed by atoms with Crippen LogP contribution in [0.1, 0.15) is 25.3 Å². The SMILES string of the molecule is CCOC(=O)CN(CC)C(=O)C1CSc2ccccc21. The average Bonchev–Trinajstić information content (AvgIpc) is 2.88. The normalized spacial score (nSPS) is 16.6. The number of benzene rings is 1. The number of carbonyl (C=O) groups is 2. The number of nitrogens with zero attached hydrogens (tertiary/aromatic N) is 1. The first-order chi connectivity index (χ1) is 9.67. The molecule has 20 heavy (non-hydrogen) atoms. The van der Waals surface area contributed by atoms with E-state index in [0.29, 0.717) is 13.2 Å². The summed E-state index contributed by atoms with van der Waals surface area (Å²) in [6.07, 6.45) is 0. The van der Waals surface area contributed by atoms with Crippen molar-refractivity contribution in [2.75, 3.05) is 25.4 Å². The molecule has 0 saturated carbocycles. The maximum Gasteiger partial charge on any atom is 0.325 e. The fraction of sp³-hybridized carbons (Fsp3) is 0.467. The Bertz CT molecular complexity index is 504. The molecular weight excluding hydrogens is 274 g/mol. The molecule has 0 aliphatic carbocycles. The fourth-order valence-electron chi connectivity index (χ4n) is 2.30. The molecule has 1 atom stereocenters. The molecule has 0 fully saturated rings. The van der Waals surface area contributed by atoms with E-state index in [9.17, 15) is 9.59 Å². The molecule has 2 rings (SSSR count). The highest BCUT2D eigenvalue weighted by Gasteiger charge is 2.32. The maximum atomic E-state index is 12.6. The lowest BCUT2D eigenvalue weighted by Crippen LogP contribution is -2.39. The van der Waals surface area contributed by atoms with Crippen LogP contribution in [0.5, 0.6) is 0 Å². The van der Waals surface area contributed by atoms with Crippen molar-refractivity contribution >= 4 is 23.6 Å². The summed E-state index contributed by atoms with van der Waals surface area (Å²) in [6.45, 7) is 4.53. The Balaban J connectivity index is 2.08. The summed E-state index contributed by atoms with van der Waals surface area (Å²) in [7, 11) is 0. The molecule has 1 aromatic carbocycles. The molecule has 4 nitrogen and oxygen atoms in total. The van der Waals surface area contributed by atoms with E-state index in [0.717, 1.165) is 16.2 Å². The first-order valence-electron chi connectivity index (χ1n) is 6.83. The van der Waals surface area contributed by atoms with Crippen molar-refractivity contribution in [1.82, 2.24) is 4.90 Å². The molecule has 0 N–H and O–H groups in total. The summed E-state index contributed by atoms with van der Waals surface area (Å²) in [5.74, 6) is 0.266. The number of carbonyl (C=O) groups excluding carboxylic acids is 2. The van der Waals surface area contributed by atoms with Crippen molar-refractivity contribution < 1.29 is 14.3 Å². The van der Waals surface area contributed by atoms with Crippen LogP contribution in [0.2, 0.25) is 0 Å². The summed E-state index contributed by atoms with van der Waals surface area (Å²) in [6, 6.07) is 7.96. The largest absolute Gasteiger partial charge is 0.465 e. The summed E-state index contributed by atoms with van der Waals surface area (Å²) in [5, 5.41) is 0. The molecule has 108 valence electrons. The Morgan fingerprint density at radius 3 is 2.80 bits per heavy atom. The van der Waals surface area contributed by atoms with Gasteiger partial charge in [0.05, 0.1) is 12.5 Å². The number of hydrogen-bond acceptors (Lipinski definition) is 4. The maximum absolute atomic E-state index is 12.6. The Morgan fingerprint density at radius 1 is 1.35 bits per heavy atom. The zero-order valence-corrected chi connectivity index (χ0v) is 12.6. The molecule has 0 bridgehead atoms. The number of fused-ring (bicyclic) bond motifs is 1. The van der Waals surface area contributed by atoms with Crippen LogP contribution in [-0.2, 0) is 14.3 Å². The Morgan fingerprint density at radius 2 is 2.10 bits per heavy atom. The van der Waals surface area contributed by atoms with Crippen molar-refractivity contribution in [3.8, 4) is 0 Å². The monoisotopic (exact) mass is 293 g/mol. The lowest BCUT2D eigenvalue weighted by Gasteiger charge is -2.23. The quantitative estimate of drug-likeness (QED) is 0.782. The third-order valence-corrected chi connectivity index (χ3v) is 4.50. The van der Waals surface area contributed by atoms with E-state index in [1.807, 2.05) is 31.2 Å². The number of hydrogen-bond donors (Lipinski definition) is 0. The zero-order chi connectivity index (χ0) is 14.5. The van der Waals surface area contributed by atoms with Gasteiger partial charge in [0.2, 0.25) is 5.91 Å². The van der Waals surface area contributed by atoms with Gasteiger partial charge in [0, 0.05) is 17.2 Å². The van der Waals surface area contributed by atoms with Gasteiger partial charge in [-0.1, -0.05) is 18.2 Å². The van der Waals surface area contributed by atoms with E-state index < -0.39 is 0 Å². The number of thioether (sulfide) groups is 1. The Kier molecular flexibility index (Phi) is 5.06. The Hall–Kier alpha value is -1.49. The third kappa shape index (κ3) is 3.15. The number of likely N-dealkylation sites (N-methyl/N-ethyl adjacent to an activating group) is 1. The number of ether oxygens (including phenoxy) is 1. The second-order valence-corrected chi connectivity index (χ2v) is 5.62. The van der Waals surface area contributed by atoms with Gasteiger partial charge in [-0.25, -0.2) is 0 Å². The van der Waals surface area contributed by atoms with Gasteiger partial charge in [0.15, 0.2) is 0 Å². The topological polar surface area (TPSA) is 46.6 Å². The van der Waals surface area contributed by atoms with Crippen LogP contribution in [0.3, 0.4) is 0 Å². The first-order valence-corrected chi connectivity index (χ1v) is 7.82. The minimum Gasteiger partial charge on any atom is -0.465 e. The van der Waals surface area contributed by atoms with Gasteiger partial charge in [0.25, 0.3) is 0 Å². The molecule has 0 spiro atoms. The van der Waals surface area contributed by atoms with Gasteiger partial charge in [-0.15, -0.1) is 11.8 Å². The van der Waals surface area contributed by atoms with Crippen LogP contribution >= 0.6 is 11.8 Å². The molecule has 1 unspecified atom stereocenters. The predicted octanol–water partition coefficient (Wildman–Crippen LogP) is 2.29. The standard InChI is InChI=1S/C15H19NO3S/c1-3-16(9-14(17)19-4-2)15(18)12-10-20-13-8-6-5-7-11(12)13/h5-8,12H,3-4,9-10H2,1-2H3. The molecule has 5 heteroatoms. The van der Waals surface area contributed by atoms with Crippen LogP contribution < -0.4 is 0 Å². The summed E-state index contributed by atoms with van der Waals surface area (Å²) < 4.78 is 4.92. The summed E-state index contributed by atoms with van der Waals surface area (Å²) >= 11 is 1.70. The third-order valence-electron chi connectivity index (χ3n) is 3.32. The smallest absolute Gasteiger partial charge is 0.325 e. The fourth-order valence-corrected chi connectivity index (χ4v) is 3.52. The van der Waals surface area contributed by atoms with Gasteiger partial charge in [-0.2, -0.15) is 0 Å². The highest BCUT2D eigenvalue weighted by molar-refractivity contribution is 7.99. The lowest BCUT2D eigenvalue weighted by molar-refractivity contribution is -0.149. The summed E-state index contributed by atoms with van der Waals surface area (Å²) in [4.78, 5) is 26.9. The van der Waals surface area contributed by atoms with Crippen molar-refractivity contribution in [3.05, 3.63) is 29.8 Å². The summed E-state index contributed by atoms with van der Waals surface area (Å²) in [5.41, 5.74) is 1.07. The second-order valence-electron chi connectivity index (χ2n) is 4.56. The number of amides is 1. The Labute approximate surface area is 123 Å². The van der Waals surface area contributed by atoms with E-state index in [2.05, 4.69) is 0 Å². The minimum atomic E-state index is -0.346. The van der Waals surface area contributed by atoms with Crippen LogP contribution in [0.4, 0.5) is 0 Å². The molecular formula is C15H19NO3S. The van der Waals surface area contributed by atoms with Gasteiger partial charge in [-0.3, -0.25) is 9.59 Å². The molecule has 0 aromatic heterocycles. The van der Waals surface area contributed by atoms with E-state index in [-0.39, 0.29) is 24.3 Å².